The quantitative estimate of drug-likeness (QED) is 0.812. The standard InChI is InChI=1S/C14H19FN2O2S2/c1-9-4-2-5-10(9)8-17-21(18,19)12-7-3-6-11(15)13(12)14(16)20/h3,6-7,9-10,17H,2,4-5,8H2,1H3,(H2,16,20). The maximum absolute atomic E-state index is 13.8. The Balaban J connectivity index is 2.24. The molecule has 0 radical (unpaired) electrons. The number of sulfonamides is 1. The van der Waals surface area contributed by atoms with Gasteiger partial charge in [-0.25, -0.2) is 17.5 Å². The van der Waals surface area contributed by atoms with Gasteiger partial charge in [-0.05, 0) is 30.4 Å². The maximum Gasteiger partial charge on any atom is 0.241 e. The van der Waals surface area contributed by atoms with Crippen LogP contribution in [0, 0.1) is 17.7 Å². The highest BCUT2D eigenvalue weighted by atomic mass is 32.2. The van der Waals surface area contributed by atoms with Gasteiger partial charge in [0, 0.05) is 6.54 Å². The minimum Gasteiger partial charge on any atom is -0.389 e. The first kappa shape index (κ1) is 16.3. The second kappa shape index (κ2) is 6.37. The molecule has 1 saturated carbocycles. The van der Waals surface area contributed by atoms with Crippen molar-refractivity contribution in [1.82, 2.24) is 4.72 Å². The van der Waals surface area contributed by atoms with E-state index in [1.54, 1.807) is 0 Å². The Morgan fingerprint density at radius 2 is 2.19 bits per heavy atom. The molecular weight excluding hydrogens is 311 g/mol. The molecule has 2 rings (SSSR count). The van der Waals surface area contributed by atoms with Crippen LogP contribution in [0.1, 0.15) is 31.7 Å². The maximum atomic E-state index is 13.8. The van der Waals surface area contributed by atoms with Gasteiger partial charge in [0.25, 0.3) is 0 Å². The second-order valence-corrected chi connectivity index (χ2v) is 7.67. The average Bonchev–Trinajstić information content (AvgIpc) is 2.81. The Labute approximate surface area is 130 Å². The van der Waals surface area contributed by atoms with Crippen LogP contribution in [-0.4, -0.2) is 20.0 Å². The average molecular weight is 330 g/mol. The van der Waals surface area contributed by atoms with E-state index >= 15 is 0 Å². The summed E-state index contributed by atoms with van der Waals surface area (Å²) in [5, 5.41) is 0. The molecule has 1 aromatic rings. The van der Waals surface area contributed by atoms with Crippen LogP contribution in [0.4, 0.5) is 4.39 Å². The van der Waals surface area contributed by atoms with Gasteiger partial charge in [-0.2, -0.15) is 0 Å². The number of rotatable bonds is 5. The van der Waals surface area contributed by atoms with Crippen molar-refractivity contribution in [2.45, 2.75) is 31.1 Å². The van der Waals surface area contributed by atoms with Crippen molar-refractivity contribution in [1.29, 1.82) is 0 Å². The van der Waals surface area contributed by atoms with E-state index in [2.05, 4.69) is 11.6 Å². The van der Waals surface area contributed by atoms with Gasteiger partial charge in [0.05, 0.1) is 10.5 Å². The first-order valence-electron chi connectivity index (χ1n) is 6.91. The predicted molar refractivity (Wildman–Crippen MR) is 84.0 cm³/mol. The summed E-state index contributed by atoms with van der Waals surface area (Å²) in [7, 11) is -3.83. The van der Waals surface area contributed by atoms with E-state index in [0.717, 1.165) is 25.3 Å². The van der Waals surface area contributed by atoms with Crippen molar-refractivity contribution in [3.8, 4) is 0 Å². The fraction of sp³-hybridized carbons (Fsp3) is 0.500. The van der Waals surface area contributed by atoms with Gasteiger partial charge in [-0.3, -0.25) is 0 Å². The molecule has 0 aromatic heterocycles. The van der Waals surface area contributed by atoms with E-state index in [1.807, 2.05) is 0 Å². The van der Waals surface area contributed by atoms with E-state index in [0.29, 0.717) is 18.4 Å². The highest BCUT2D eigenvalue weighted by Gasteiger charge is 2.27. The molecule has 2 atom stereocenters. The first-order chi connectivity index (χ1) is 9.83. The largest absolute Gasteiger partial charge is 0.389 e. The molecule has 2 unspecified atom stereocenters. The first-order valence-corrected chi connectivity index (χ1v) is 8.80. The zero-order valence-corrected chi connectivity index (χ0v) is 13.4. The summed E-state index contributed by atoms with van der Waals surface area (Å²) in [6.07, 6.45) is 3.24. The van der Waals surface area contributed by atoms with Crippen molar-refractivity contribution in [3.63, 3.8) is 0 Å². The van der Waals surface area contributed by atoms with Crippen molar-refractivity contribution in [2.75, 3.05) is 6.54 Å². The third-order valence-electron chi connectivity index (χ3n) is 4.09. The Hall–Kier alpha value is -1.05. The predicted octanol–water partition coefficient (Wildman–Crippen LogP) is 2.17. The lowest BCUT2D eigenvalue weighted by molar-refractivity contribution is 0.414. The molecule has 0 spiro atoms. The normalized spacial score (nSPS) is 22.4. The van der Waals surface area contributed by atoms with E-state index in [1.165, 1.54) is 12.1 Å². The number of hydrogen-bond acceptors (Lipinski definition) is 3. The molecule has 0 saturated heterocycles. The molecular formula is C14H19FN2O2S2. The molecule has 1 aliphatic carbocycles. The van der Waals surface area contributed by atoms with Crippen LogP contribution in [-0.2, 0) is 10.0 Å². The Bertz CT molecular complexity index is 646. The Morgan fingerprint density at radius 3 is 2.76 bits per heavy atom. The summed E-state index contributed by atoms with van der Waals surface area (Å²) in [6, 6.07) is 3.80. The van der Waals surface area contributed by atoms with Crippen LogP contribution in [0.2, 0.25) is 0 Å². The van der Waals surface area contributed by atoms with Crippen LogP contribution in [0.3, 0.4) is 0 Å². The zero-order chi connectivity index (χ0) is 15.6. The highest BCUT2D eigenvalue weighted by molar-refractivity contribution is 7.89. The number of halogens is 1. The fourth-order valence-electron chi connectivity index (χ4n) is 2.79. The third-order valence-corrected chi connectivity index (χ3v) is 5.76. The minimum absolute atomic E-state index is 0.194. The second-order valence-electron chi connectivity index (χ2n) is 5.50. The molecule has 3 N–H and O–H groups in total. The molecule has 1 aliphatic rings. The van der Waals surface area contributed by atoms with Gasteiger partial charge in [0.15, 0.2) is 0 Å². The molecule has 1 fully saturated rings. The molecule has 1 aromatic carbocycles. The fourth-order valence-corrected chi connectivity index (χ4v) is 4.38. The molecule has 4 nitrogen and oxygen atoms in total. The van der Waals surface area contributed by atoms with Crippen LogP contribution in [0.25, 0.3) is 0 Å². The molecule has 0 bridgehead atoms. The van der Waals surface area contributed by atoms with Crippen LogP contribution in [0.15, 0.2) is 23.1 Å². The zero-order valence-electron chi connectivity index (χ0n) is 11.8. The van der Waals surface area contributed by atoms with Gasteiger partial charge >= 0.3 is 0 Å². The van der Waals surface area contributed by atoms with Gasteiger partial charge in [-0.15, -0.1) is 0 Å². The van der Waals surface area contributed by atoms with E-state index in [9.17, 15) is 12.8 Å². The lowest BCUT2D eigenvalue weighted by Gasteiger charge is -2.17. The minimum atomic E-state index is -3.83. The van der Waals surface area contributed by atoms with Gasteiger partial charge in [0.2, 0.25) is 10.0 Å². The van der Waals surface area contributed by atoms with Crippen LogP contribution in [0.5, 0.6) is 0 Å². The number of hydrogen-bond donors (Lipinski definition) is 2. The molecule has 0 amide bonds. The molecule has 116 valence electrons. The third kappa shape index (κ3) is 3.59. The van der Waals surface area contributed by atoms with Crippen molar-refractivity contribution in [3.05, 3.63) is 29.6 Å². The van der Waals surface area contributed by atoms with Crippen molar-refractivity contribution in [2.24, 2.45) is 17.6 Å². The topological polar surface area (TPSA) is 72.2 Å². The van der Waals surface area contributed by atoms with Crippen molar-refractivity contribution < 1.29 is 12.8 Å². The molecule has 7 heteroatoms. The number of nitrogens with one attached hydrogen (secondary N) is 1. The SMILES string of the molecule is CC1CCCC1CNS(=O)(=O)c1cccc(F)c1C(N)=S. The summed E-state index contributed by atoms with van der Waals surface area (Å²) < 4.78 is 41.1. The smallest absolute Gasteiger partial charge is 0.241 e. The summed E-state index contributed by atoms with van der Waals surface area (Å²) in [6.45, 7) is 2.48. The Morgan fingerprint density at radius 1 is 1.48 bits per heavy atom. The van der Waals surface area contributed by atoms with E-state index in [4.69, 9.17) is 18.0 Å². The number of nitrogens with two attached hydrogens (primary N) is 1. The monoisotopic (exact) mass is 330 g/mol. The summed E-state index contributed by atoms with van der Waals surface area (Å²) in [5.41, 5.74) is 5.23. The number of thiocarbonyl (C=S) groups is 1. The number of benzene rings is 1. The van der Waals surface area contributed by atoms with E-state index < -0.39 is 15.8 Å². The molecule has 0 aliphatic heterocycles. The van der Waals surface area contributed by atoms with Crippen LogP contribution >= 0.6 is 12.2 Å². The summed E-state index contributed by atoms with van der Waals surface area (Å²) in [4.78, 5) is -0.455. The van der Waals surface area contributed by atoms with E-state index in [-0.39, 0.29) is 15.4 Å². The Kier molecular flexibility index (Phi) is 4.95. The lowest BCUT2D eigenvalue weighted by Crippen LogP contribution is -2.32. The van der Waals surface area contributed by atoms with Crippen molar-refractivity contribution >= 4 is 27.2 Å². The van der Waals surface area contributed by atoms with Gasteiger partial charge < -0.3 is 5.73 Å². The highest BCUT2D eigenvalue weighted by Crippen LogP contribution is 2.31. The lowest BCUT2D eigenvalue weighted by atomic mass is 9.99. The van der Waals surface area contributed by atoms with Crippen LogP contribution < -0.4 is 10.5 Å². The summed E-state index contributed by atoms with van der Waals surface area (Å²) >= 11 is 4.76. The van der Waals surface area contributed by atoms with Gasteiger partial charge in [0.1, 0.15) is 10.8 Å². The molecule has 21 heavy (non-hydrogen) atoms. The summed E-state index contributed by atoms with van der Waals surface area (Å²) in [5.74, 6) is 0.0940. The molecule has 0 heterocycles. The van der Waals surface area contributed by atoms with Gasteiger partial charge in [-0.1, -0.05) is 38.0 Å².